The summed E-state index contributed by atoms with van der Waals surface area (Å²) in [6.45, 7) is 8.60. The second-order valence-corrected chi connectivity index (χ2v) is 8.51. The molecule has 33 heavy (non-hydrogen) atoms. The predicted molar refractivity (Wildman–Crippen MR) is 128 cm³/mol. The molecule has 1 aromatic heterocycles. The molecule has 1 aliphatic rings. The maximum atomic E-state index is 12.2. The molecule has 0 atom stereocenters. The van der Waals surface area contributed by atoms with Crippen LogP contribution in [0.1, 0.15) is 36.5 Å². The zero-order chi connectivity index (χ0) is 23.4. The monoisotopic (exact) mass is 450 g/mol. The van der Waals surface area contributed by atoms with E-state index in [0.717, 1.165) is 48.2 Å². The molecule has 2 aromatic carbocycles. The van der Waals surface area contributed by atoms with Crippen LogP contribution in [0.25, 0.3) is 11.0 Å². The average molecular weight is 451 g/mol. The van der Waals surface area contributed by atoms with E-state index in [1.165, 1.54) is 5.56 Å². The van der Waals surface area contributed by atoms with Gasteiger partial charge in [0.15, 0.2) is 0 Å². The van der Waals surface area contributed by atoms with Gasteiger partial charge in [-0.2, -0.15) is 0 Å². The molecule has 3 aromatic rings. The van der Waals surface area contributed by atoms with Crippen LogP contribution in [0.15, 0.2) is 51.7 Å². The van der Waals surface area contributed by atoms with Crippen LogP contribution in [-0.4, -0.2) is 36.8 Å². The van der Waals surface area contributed by atoms with E-state index in [9.17, 15) is 9.59 Å². The number of benzene rings is 2. The first-order valence-corrected chi connectivity index (χ1v) is 11.4. The summed E-state index contributed by atoms with van der Waals surface area (Å²) in [6, 6.07) is 13.2. The third-order valence-corrected chi connectivity index (χ3v) is 5.92. The maximum Gasteiger partial charge on any atom is 0.411 e. The number of carbonyl (C=O) groups excluding carboxylic acids is 1. The summed E-state index contributed by atoms with van der Waals surface area (Å²) in [5.74, 6) is 0.965. The Morgan fingerprint density at radius 3 is 2.67 bits per heavy atom. The summed E-state index contributed by atoms with van der Waals surface area (Å²) in [5.41, 5.74) is 3.83. The van der Waals surface area contributed by atoms with Gasteiger partial charge >= 0.3 is 11.7 Å². The molecular formula is C26H30N2O5. The number of amides is 1. The van der Waals surface area contributed by atoms with Gasteiger partial charge in [-0.15, -0.1) is 0 Å². The topological polar surface area (TPSA) is 81.0 Å². The molecule has 1 saturated heterocycles. The quantitative estimate of drug-likeness (QED) is 0.531. The van der Waals surface area contributed by atoms with Crippen molar-refractivity contribution in [3.63, 3.8) is 0 Å². The lowest BCUT2D eigenvalue weighted by molar-refractivity contribution is 0.0963. The molecule has 0 bridgehead atoms. The second-order valence-electron chi connectivity index (χ2n) is 8.51. The lowest BCUT2D eigenvalue weighted by Crippen LogP contribution is -2.38. The van der Waals surface area contributed by atoms with E-state index in [4.69, 9.17) is 13.9 Å². The molecule has 7 nitrogen and oxygen atoms in total. The van der Waals surface area contributed by atoms with Crippen molar-refractivity contribution in [2.45, 2.75) is 46.3 Å². The third-order valence-electron chi connectivity index (χ3n) is 5.92. The molecule has 1 aliphatic heterocycles. The van der Waals surface area contributed by atoms with E-state index in [1.54, 1.807) is 25.1 Å². The fraction of sp³-hybridized carbons (Fsp3) is 0.385. The first kappa shape index (κ1) is 22.9. The molecule has 0 spiro atoms. The van der Waals surface area contributed by atoms with Crippen LogP contribution < -0.4 is 15.7 Å². The maximum absolute atomic E-state index is 12.2. The van der Waals surface area contributed by atoms with Crippen LogP contribution in [0, 0.1) is 13.8 Å². The molecule has 0 aliphatic carbocycles. The smallest absolute Gasteiger partial charge is 0.411 e. The Kier molecular flexibility index (Phi) is 6.99. The first-order chi connectivity index (χ1) is 15.9. The number of ether oxygens (including phenoxy) is 2. The summed E-state index contributed by atoms with van der Waals surface area (Å²) in [6.07, 6.45) is 1.51. The van der Waals surface area contributed by atoms with Crippen molar-refractivity contribution in [1.29, 1.82) is 0 Å². The molecule has 4 rings (SSSR count). The fourth-order valence-corrected chi connectivity index (χ4v) is 4.16. The Labute approximate surface area is 193 Å². The largest absolute Gasteiger partial charge is 0.490 e. The number of nitrogens with zero attached hydrogens (tertiary/aromatic N) is 1. The molecule has 1 N–H and O–H groups in total. The lowest BCUT2D eigenvalue weighted by Gasteiger charge is -2.32. The van der Waals surface area contributed by atoms with Crippen molar-refractivity contribution >= 4 is 22.7 Å². The van der Waals surface area contributed by atoms with Crippen molar-refractivity contribution in [2.75, 3.05) is 25.0 Å². The highest BCUT2D eigenvalue weighted by Crippen LogP contribution is 2.26. The standard InChI is InChI=1S/C26H30N2O5/c1-4-31-26(30)27-20-7-8-22-19(14-25(29)33-24(22)15-20)16-28-11-9-21(10-12-28)32-23-13-17(2)5-6-18(23)3/h5-8,13-15,21H,4,9-12,16H2,1-3H3,(H,27,30). The minimum Gasteiger partial charge on any atom is -0.490 e. The highest BCUT2D eigenvalue weighted by Gasteiger charge is 2.22. The first-order valence-electron chi connectivity index (χ1n) is 11.4. The van der Waals surface area contributed by atoms with Crippen molar-refractivity contribution in [3.05, 3.63) is 69.6 Å². The Morgan fingerprint density at radius 2 is 1.91 bits per heavy atom. The number of rotatable bonds is 6. The molecule has 174 valence electrons. The van der Waals surface area contributed by atoms with Crippen LogP contribution >= 0.6 is 0 Å². The molecule has 1 fully saturated rings. The number of aryl methyl sites for hydroxylation is 2. The van der Waals surface area contributed by atoms with Crippen molar-refractivity contribution in [1.82, 2.24) is 4.90 Å². The van der Waals surface area contributed by atoms with E-state index < -0.39 is 11.7 Å². The number of carbonyl (C=O) groups is 1. The molecule has 0 radical (unpaired) electrons. The van der Waals surface area contributed by atoms with Crippen LogP contribution in [0.4, 0.5) is 10.5 Å². The van der Waals surface area contributed by atoms with E-state index in [-0.39, 0.29) is 12.7 Å². The average Bonchev–Trinajstić information content (AvgIpc) is 2.77. The minimum absolute atomic E-state index is 0.191. The van der Waals surface area contributed by atoms with Gasteiger partial charge in [0.05, 0.1) is 6.61 Å². The van der Waals surface area contributed by atoms with Gasteiger partial charge in [0.2, 0.25) is 0 Å². The van der Waals surface area contributed by atoms with Gasteiger partial charge < -0.3 is 13.9 Å². The number of hydrogen-bond donors (Lipinski definition) is 1. The molecule has 0 unspecified atom stereocenters. The van der Waals surface area contributed by atoms with Crippen LogP contribution in [0.2, 0.25) is 0 Å². The minimum atomic E-state index is -0.540. The number of piperidine rings is 1. The third kappa shape index (κ3) is 5.73. The second kappa shape index (κ2) is 10.1. The molecule has 1 amide bonds. The number of anilines is 1. The van der Waals surface area contributed by atoms with Crippen molar-refractivity contribution in [3.8, 4) is 5.75 Å². The van der Waals surface area contributed by atoms with Crippen molar-refractivity contribution in [2.24, 2.45) is 0 Å². The van der Waals surface area contributed by atoms with Gasteiger partial charge in [0.25, 0.3) is 0 Å². The number of likely N-dealkylation sites (tertiary alicyclic amines) is 1. The summed E-state index contributed by atoms with van der Waals surface area (Å²) in [4.78, 5) is 26.2. The molecule has 2 heterocycles. The zero-order valence-corrected chi connectivity index (χ0v) is 19.3. The van der Waals surface area contributed by atoms with Crippen LogP contribution in [-0.2, 0) is 11.3 Å². The number of nitrogens with one attached hydrogen (secondary N) is 1. The number of fused-ring (bicyclic) bond motifs is 1. The van der Waals surface area contributed by atoms with Gasteiger partial charge in [0.1, 0.15) is 17.4 Å². The summed E-state index contributed by atoms with van der Waals surface area (Å²) in [5, 5.41) is 3.50. The molecule has 0 saturated carbocycles. The predicted octanol–water partition coefficient (Wildman–Crippen LogP) is 5.02. The Morgan fingerprint density at radius 1 is 1.12 bits per heavy atom. The molecular weight excluding hydrogens is 420 g/mol. The highest BCUT2D eigenvalue weighted by atomic mass is 16.5. The summed E-state index contributed by atoms with van der Waals surface area (Å²) >= 11 is 0. The fourth-order valence-electron chi connectivity index (χ4n) is 4.16. The number of hydrogen-bond acceptors (Lipinski definition) is 6. The van der Waals surface area contributed by atoms with E-state index >= 15 is 0 Å². The van der Waals surface area contributed by atoms with E-state index in [2.05, 4.69) is 42.3 Å². The normalized spacial score (nSPS) is 14.9. The van der Waals surface area contributed by atoms with Gasteiger partial charge in [-0.3, -0.25) is 10.2 Å². The van der Waals surface area contributed by atoms with Crippen molar-refractivity contribution < 1.29 is 18.7 Å². The van der Waals surface area contributed by atoms with Crippen LogP contribution in [0.5, 0.6) is 5.75 Å². The Balaban J connectivity index is 1.42. The van der Waals surface area contributed by atoms with Gasteiger partial charge in [-0.25, -0.2) is 9.59 Å². The summed E-state index contributed by atoms with van der Waals surface area (Å²) in [7, 11) is 0. The van der Waals surface area contributed by atoms with E-state index in [0.29, 0.717) is 17.8 Å². The van der Waals surface area contributed by atoms with Gasteiger partial charge in [0, 0.05) is 42.8 Å². The van der Waals surface area contributed by atoms with Crippen LogP contribution in [0.3, 0.4) is 0 Å². The van der Waals surface area contributed by atoms with Gasteiger partial charge in [-0.05, 0) is 68.5 Å². The lowest BCUT2D eigenvalue weighted by atomic mass is 10.0. The molecule has 7 heteroatoms. The summed E-state index contributed by atoms with van der Waals surface area (Å²) < 4.78 is 16.6. The Hall–Kier alpha value is -3.32. The van der Waals surface area contributed by atoms with Gasteiger partial charge in [-0.1, -0.05) is 12.1 Å². The Bertz CT molecular complexity index is 1190. The SMILES string of the molecule is CCOC(=O)Nc1ccc2c(CN3CCC(Oc4cc(C)ccc4C)CC3)cc(=O)oc2c1. The highest BCUT2D eigenvalue weighted by molar-refractivity contribution is 5.89. The van der Waals surface area contributed by atoms with E-state index in [1.807, 2.05) is 6.07 Å². The zero-order valence-electron chi connectivity index (χ0n) is 19.3.